The van der Waals surface area contributed by atoms with Crippen molar-refractivity contribution in [2.75, 3.05) is 20.6 Å². The predicted octanol–water partition coefficient (Wildman–Crippen LogP) is 5.91. The van der Waals surface area contributed by atoms with E-state index in [4.69, 9.17) is 0 Å². The Hall–Kier alpha value is -0.130. The maximum atomic E-state index is 2.50. The first-order chi connectivity index (χ1) is 11.6. The van der Waals surface area contributed by atoms with E-state index in [1.807, 2.05) is 5.31 Å². The summed E-state index contributed by atoms with van der Waals surface area (Å²) in [4.78, 5) is 2.39. The second-order valence-electron chi connectivity index (χ2n) is 9.90. The van der Waals surface area contributed by atoms with Gasteiger partial charge in [0.15, 0.2) is 0 Å². The molecule has 0 spiro atoms. The molecule has 4 fully saturated rings. The fraction of sp³-hybridized carbons (Fsp3) is 0.818. The fourth-order valence-corrected chi connectivity index (χ4v) is 12.5. The lowest BCUT2D eigenvalue weighted by Crippen LogP contribution is -2.34. The van der Waals surface area contributed by atoms with Gasteiger partial charge in [0, 0.05) is 6.54 Å². The average Bonchev–Trinajstić information content (AvgIpc) is 3.34. The van der Waals surface area contributed by atoms with Gasteiger partial charge in [0.2, 0.25) is 0 Å². The van der Waals surface area contributed by atoms with Crippen molar-refractivity contribution in [2.45, 2.75) is 80.9 Å². The second kappa shape index (κ2) is 5.68. The Morgan fingerprint density at radius 3 is 1.92 bits per heavy atom. The molecule has 5 aliphatic carbocycles. The summed E-state index contributed by atoms with van der Waals surface area (Å²) < 4.78 is 0. The molecule has 0 aliphatic heterocycles. The maximum Gasteiger partial charge on any atom is 0.0230 e. The lowest BCUT2D eigenvalue weighted by molar-refractivity contribution is 0.448. The maximum absolute atomic E-state index is 2.50. The Balaban J connectivity index is 1.58. The van der Waals surface area contributed by atoms with Gasteiger partial charge in [0.05, 0.1) is 0 Å². The van der Waals surface area contributed by atoms with Crippen LogP contribution in [0.4, 0.5) is 0 Å². The molecule has 0 atom stereocenters. The van der Waals surface area contributed by atoms with E-state index in [2.05, 4.69) is 31.1 Å². The molecule has 0 heterocycles. The topological polar surface area (TPSA) is 3.24 Å². The van der Waals surface area contributed by atoms with Crippen LogP contribution < -0.4 is 0 Å². The molecule has 132 valence electrons. The third kappa shape index (κ3) is 2.34. The number of likely N-dealkylation sites (N-methyl/N-ethyl adjacent to an activating group) is 1. The molecule has 1 nitrogen and oxygen atoms in total. The first-order valence-electron chi connectivity index (χ1n) is 10.4. The molecule has 4 saturated carbocycles. The molecule has 0 aromatic heterocycles. The van der Waals surface area contributed by atoms with E-state index < -0.39 is 0 Å². The molecule has 0 saturated heterocycles. The van der Waals surface area contributed by atoms with Crippen molar-refractivity contribution in [2.24, 2.45) is 11.8 Å². The molecule has 0 radical (unpaired) electrons. The van der Waals surface area contributed by atoms with E-state index in [9.17, 15) is 0 Å². The number of allylic oxidation sites excluding steroid dienone is 2. The number of fused-ring (bicyclic) bond motifs is 4. The minimum Gasteiger partial charge on any atom is -0.305 e. The summed E-state index contributed by atoms with van der Waals surface area (Å²) in [7, 11) is 4.57. The quantitative estimate of drug-likeness (QED) is 0.561. The van der Waals surface area contributed by atoms with Crippen LogP contribution in [-0.2, 0) is 0 Å². The Morgan fingerprint density at radius 2 is 1.50 bits per heavy atom. The molecule has 0 amide bonds. The van der Waals surface area contributed by atoms with Crippen LogP contribution >= 0.6 is 7.92 Å². The van der Waals surface area contributed by atoms with Crippen molar-refractivity contribution in [1.29, 1.82) is 0 Å². The molecule has 0 N–H and O–H groups in total. The van der Waals surface area contributed by atoms with Crippen molar-refractivity contribution in [3.8, 4) is 0 Å². The lowest BCUT2D eigenvalue weighted by atomic mass is 9.99. The molecule has 5 aliphatic rings. The summed E-state index contributed by atoms with van der Waals surface area (Å²) in [5, 5.41) is 3.49. The highest BCUT2D eigenvalue weighted by atomic mass is 31.1. The Bertz CT molecular complexity index is 541. The predicted molar refractivity (Wildman–Crippen MR) is 105 cm³/mol. The van der Waals surface area contributed by atoms with E-state index in [0.29, 0.717) is 0 Å². The minimum absolute atomic E-state index is 0.0711. The number of hydrogen-bond acceptors (Lipinski definition) is 1. The van der Waals surface area contributed by atoms with Gasteiger partial charge in [-0.1, -0.05) is 20.1 Å². The first kappa shape index (κ1) is 16.1. The van der Waals surface area contributed by atoms with Crippen molar-refractivity contribution in [3.05, 3.63) is 23.0 Å². The van der Waals surface area contributed by atoms with E-state index in [-0.39, 0.29) is 7.92 Å². The Labute approximate surface area is 149 Å². The highest BCUT2D eigenvalue weighted by Gasteiger charge is 2.60. The standard InChI is InChI=1S/C22H34NP/c1-23(2)16-19-4-3-5-20(19)24(21-10-6-17(14-21)7-11-21)22-12-8-18(15-22)9-13-22/h3-4,17-18H,5-16H2,1-2H3. The minimum atomic E-state index is 0.0711. The third-order valence-electron chi connectivity index (χ3n) is 8.12. The fourth-order valence-electron chi connectivity index (χ4n) is 7.29. The second-order valence-corrected chi connectivity index (χ2v) is 13.0. The van der Waals surface area contributed by atoms with Gasteiger partial charge in [-0.25, -0.2) is 0 Å². The molecule has 0 aromatic rings. The van der Waals surface area contributed by atoms with Crippen molar-refractivity contribution in [3.63, 3.8) is 0 Å². The van der Waals surface area contributed by atoms with Gasteiger partial charge in [-0.05, 0) is 118 Å². The van der Waals surface area contributed by atoms with Gasteiger partial charge >= 0.3 is 0 Å². The van der Waals surface area contributed by atoms with Gasteiger partial charge in [-0.3, -0.25) is 0 Å². The van der Waals surface area contributed by atoms with Gasteiger partial charge in [-0.15, -0.1) is 0 Å². The SMILES string of the molecule is CN(C)CC1=C(P(C23CCC(CC2)C3)C23CCC(CC2)C3)CC=C1. The third-order valence-corrected chi connectivity index (χ3v) is 12.3. The highest BCUT2D eigenvalue weighted by Crippen LogP contribution is 2.81. The molecule has 0 unspecified atom stereocenters. The van der Waals surface area contributed by atoms with Crippen molar-refractivity contribution in [1.82, 2.24) is 4.90 Å². The van der Waals surface area contributed by atoms with Crippen LogP contribution in [0.1, 0.15) is 70.6 Å². The van der Waals surface area contributed by atoms with Crippen LogP contribution in [0.5, 0.6) is 0 Å². The van der Waals surface area contributed by atoms with Gasteiger partial charge in [0.1, 0.15) is 0 Å². The Kier molecular flexibility index (Phi) is 3.81. The Morgan fingerprint density at radius 1 is 0.958 bits per heavy atom. The van der Waals surface area contributed by atoms with Crippen LogP contribution in [0, 0.1) is 11.8 Å². The zero-order chi connectivity index (χ0) is 16.4. The van der Waals surface area contributed by atoms with E-state index in [1.54, 1.807) is 69.8 Å². The zero-order valence-corrected chi connectivity index (χ0v) is 16.6. The van der Waals surface area contributed by atoms with E-state index in [1.165, 1.54) is 13.0 Å². The molecule has 24 heavy (non-hydrogen) atoms. The monoisotopic (exact) mass is 343 g/mol. The summed E-state index contributed by atoms with van der Waals surface area (Å²) in [5.74, 6) is 2.19. The summed E-state index contributed by atoms with van der Waals surface area (Å²) in [6.45, 7) is 1.17. The molecular formula is C22H34NP. The number of nitrogens with zero attached hydrogens (tertiary/aromatic N) is 1. The summed E-state index contributed by atoms with van der Waals surface area (Å²) in [5.41, 5.74) is 1.72. The van der Waals surface area contributed by atoms with Crippen LogP contribution in [0.2, 0.25) is 0 Å². The van der Waals surface area contributed by atoms with Gasteiger partial charge in [-0.2, -0.15) is 0 Å². The molecule has 2 heteroatoms. The van der Waals surface area contributed by atoms with E-state index in [0.717, 1.165) is 22.1 Å². The highest BCUT2D eigenvalue weighted by molar-refractivity contribution is 7.65. The molecule has 0 aromatic carbocycles. The van der Waals surface area contributed by atoms with Crippen LogP contribution in [-0.4, -0.2) is 35.9 Å². The zero-order valence-electron chi connectivity index (χ0n) is 15.7. The molecule has 5 rings (SSSR count). The van der Waals surface area contributed by atoms with Crippen molar-refractivity contribution >= 4 is 7.92 Å². The average molecular weight is 343 g/mol. The van der Waals surface area contributed by atoms with E-state index >= 15 is 0 Å². The summed E-state index contributed by atoms with van der Waals surface area (Å²) >= 11 is 0. The first-order valence-corrected chi connectivity index (χ1v) is 11.8. The number of rotatable bonds is 5. The van der Waals surface area contributed by atoms with Crippen molar-refractivity contribution < 1.29 is 0 Å². The summed E-state index contributed by atoms with van der Waals surface area (Å²) in [6.07, 6.45) is 22.0. The normalized spacial score (nSPS) is 44.5. The molecule has 4 bridgehead atoms. The summed E-state index contributed by atoms with van der Waals surface area (Å²) in [6, 6.07) is 0. The lowest BCUT2D eigenvalue weighted by Gasteiger charge is -2.49. The van der Waals surface area contributed by atoms with Crippen LogP contribution in [0.3, 0.4) is 0 Å². The number of hydrogen-bond donors (Lipinski definition) is 0. The molecular weight excluding hydrogens is 309 g/mol. The van der Waals surface area contributed by atoms with Gasteiger partial charge in [0.25, 0.3) is 0 Å². The van der Waals surface area contributed by atoms with Gasteiger partial charge < -0.3 is 4.90 Å². The smallest absolute Gasteiger partial charge is 0.0230 e. The van der Waals surface area contributed by atoms with Crippen LogP contribution in [0.25, 0.3) is 0 Å². The largest absolute Gasteiger partial charge is 0.305 e. The van der Waals surface area contributed by atoms with Crippen LogP contribution in [0.15, 0.2) is 23.0 Å².